The second-order valence-corrected chi connectivity index (χ2v) is 5.92. The molecule has 2 aromatic rings. The van der Waals surface area contributed by atoms with Crippen molar-refractivity contribution < 1.29 is 0 Å². The molecule has 0 spiro atoms. The van der Waals surface area contributed by atoms with Crippen LogP contribution in [0.15, 0.2) is 30.6 Å². The first kappa shape index (κ1) is 14.0. The average molecular weight is 282 g/mol. The van der Waals surface area contributed by atoms with E-state index in [1.54, 1.807) is 0 Å². The van der Waals surface area contributed by atoms with Crippen LogP contribution >= 0.6 is 0 Å². The Hall–Kier alpha value is -1.97. The van der Waals surface area contributed by atoms with Crippen LogP contribution in [0.4, 0.5) is 5.95 Å². The first-order valence-electron chi connectivity index (χ1n) is 7.78. The van der Waals surface area contributed by atoms with Crippen molar-refractivity contribution in [3.05, 3.63) is 36.3 Å². The van der Waals surface area contributed by atoms with Crippen LogP contribution in [0, 0.1) is 0 Å². The number of nitrogens with zero attached hydrogens (tertiary/aromatic N) is 4. The van der Waals surface area contributed by atoms with E-state index in [1.807, 2.05) is 18.5 Å². The van der Waals surface area contributed by atoms with Gasteiger partial charge < -0.3 is 4.90 Å². The Morgan fingerprint density at radius 1 is 1.00 bits per heavy atom. The highest BCUT2D eigenvalue weighted by molar-refractivity contribution is 5.57. The fourth-order valence-electron chi connectivity index (χ4n) is 2.64. The van der Waals surface area contributed by atoms with Crippen LogP contribution in [0.1, 0.15) is 44.7 Å². The quantitative estimate of drug-likeness (QED) is 0.861. The summed E-state index contributed by atoms with van der Waals surface area (Å²) in [6.07, 6.45) is 7.58. The Balaban J connectivity index is 1.81. The molecule has 4 nitrogen and oxygen atoms in total. The molecule has 3 rings (SSSR count). The molecule has 4 heteroatoms. The smallest absolute Gasteiger partial charge is 0.225 e. The third-order valence-corrected chi connectivity index (χ3v) is 3.94. The molecule has 0 bridgehead atoms. The standard InChI is InChI=1S/C17H22N4/c1-13(2)15-7-6-8-16(20-15)14-11-18-17(19-12-14)21-9-4-3-5-10-21/h6-8,11-13H,3-5,9-10H2,1-2H3. The maximum Gasteiger partial charge on any atom is 0.225 e. The summed E-state index contributed by atoms with van der Waals surface area (Å²) < 4.78 is 0. The molecule has 0 amide bonds. The largest absolute Gasteiger partial charge is 0.341 e. The summed E-state index contributed by atoms with van der Waals surface area (Å²) in [4.78, 5) is 16.0. The van der Waals surface area contributed by atoms with Gasteiger partial charge in [-0.1, -0.05) is 19.9 Å². The van der Waals surface area contributed by atoms with Gasteiger partial charge in [0.15, 0.2) is 0 Å². The number of piperidine rings is 1. The van der Waals surface area contributed by atoms with E-state index < -0.39 is 0 Å². The average Bonchev–Trinajstić information content (AvgIpc) is 2.56. The minimum Gasteiger partial charge on any atom is -0.341 e. The Bertz CT molecular complexity index is 586. The van der Waals surface area contributed by atoms with Gasteiger partial charge in [-0.05, 0) is 37.3 Å². The third kappa shape index (κ3) is 3.20. The van der Waals surface area contributed by atoms with Crippen molar-refractivity contribution in [3.63, 3.8) is 0 Å². The van der Waals surface area contributed by atoms with Gasteiger partial charge in [-0.2, -0.15) is 0 Å². The van der Waals surface area contributed by atoms with Gasteiger partial charge >= 0.3 is 0 Å². The van der Waals surface area contributed by atoms with Crippen molar-refractivity contribution in [3.8, 4) is 11.3 Å². The molecule has 0 N–H and O–H groups in total. The molecule has 1 aliphatic rings. The van der Waals surface area contributed by atoms with Gasteiger partial charge in [0.2, 0.25) is 5.95 Å². The van der Waals surface area contributed by atoms with Crippen LogP contribution in [0.25, 0.3) is 11.3 Å². The summed E-state index contributed by atoms with van der Waals surface area (Å²) in [7, 11) is 0. The van der Waals surface area contributed by atoms with E-state index in [9.17, 15) is 0 Å². The van der Waals surface area contributed by atoms with Crippen LogP contribution in [0.3, 0.4) is 0 Å². The van der Waals surface area contributed by atoms with Crippen molar-refractivity contribution in [2.45, 2.75) is 39.0 Å². The predicted molar refractivity (Wildman–Crippen MR) is 85.4 cm³/mol. The van der Waals surface area contributed by atoms with Crippen LogP contribution in [0.5, 0.6) is 0 Å². The summed E-state index contributed by atoms with van der Waals surface area (Å²) in [6, 6.07) is 6.14. The number of aromatic nitrogens is 3. The topological polar surface area (TPSA) is 41.9 Å². The van der Waals surface area contributed by atoms with Crippen molar-refractivity contribution in [2.24, 2.45) is 0 Å². The van der Waals surface area contributed by atoms with Gasteiger partial charge in [-0.15, -0.1) is 0 Å². The Morgan fingerprint density at radius 2 is 1.71 bits per heavy atom. The molecule has 0 saturated carbocycles. The summed E-state index contributed by atoms with van der Waals surface area (Å²) in [5.41, 5.74) is 3.04. The summed E-state index contributed by atoms with van der Waals surface area (Å²) in [5, 5.41) is 0. The van der Waals surface area contributed by atoms with E-state index >= 15 is 0 Å². The number of pyridine rings is 1. The van der Waals surface area contributed by atoms with Gasteiger partial charge in [0.05, 0.1) is 5.69 Å². The SMILES string of the molecule is CC(C)c1cccc(-c2cnc(N3CCCCC3)nc2)n1. The van der Waals surface area contributed by atoms with E-state index in [2.05, 4.69) is 40.8 Å². The molecule has 1 aliphatic heterocycles. The fraction of sp³-hybridized carbons (Fsp3) is 0.471. The van der Waals surface area contributed by atoms with Crippen LogP contribution in [-0.4, -0.2) is 28.0 Å². The molecule has 0 atom stereocenters. The normalized spacial score (nSPS) is 15.5. The van der Waals surface area contributed by atoms with Crippen molar-refractivity contribution >= 4 is 5.95 Å². The van der Waals surface area contributed by atoms with Crippen LogP contribution < -0.4 is 4.90 Å². The van der Waals surface area contributed by atoms with Crippen LogP contribution in [-0.2, 0) is 0 Å². The number of anilines is 1. The lowest BCUT2D eigenvalue weighted by Gasteiger charge is -2.26. The fourth-order valence-corrected chi connectivity index (χ4v) is 2.64. The molecule has 0 aliphatic carbocycles. The second-order valence-electron chi connectivity index (χ2n) is 5.92. The summed E-state index contributed by atoms with van der Waals surface area (Å²) in [6.45, 7) is 6.45. The van der Waals surface area contributed by atoms with Crippen LogP contribution in [0.2, 0.25) is 0 Å². The number of hydrogen-bond acceptors (Lipinski definition) is 4. The maximum atomic E-state index is 4.69. The maximum absolute atomic E-state index is 4.69. The zero-order valence-electron chi connectivity index (χ0n) is 12.8. The van der Waals surface area contributed by atoms with E-state index in [1.165, 1.54) is 19.3 Å². The van der Waals surface area contributed by atoms with Gasteiger partial charge in [-0.25, -0.2) is 9.97 Å². The molecule has 3 heterocycles. The van der Waals surface area contributed by atoms with Crippen molar-refractivity contribution in [2.75, 3.05) is 18.0 Å². The lowest BCUT2D eigenvalue weighted by atomic mass is 10.1. The highest BCUT2D eigenvalue weighted by Gasteiger charge is 2.13. The summed E-state index contributed by atoms with van der Waals surface area (Å²) in [5.74, 6) is 1.27. The molecule has 2 aromatic heterocycles. The summed E-state index contributed by atoms with van der Waals surface area (Å²) >= 11 is 0. The zero-order valence-corrected chi connectivity index (χ0v) is 12.8. The predicted octanol–water partition coefficient (Wildman–Crippen LogP) is 3.65. The first-order chi connectivity index (χ1) is 10.2. The monoisotopic (exact) mass is 282 g/mol. The van der Waals surface area contributed by atoms with E-state index in [0.29, 0.717) is 5.92 Å². The highest BCUT2D eigenvalue weighted by Crippen LogP contribution is 2.21. The number of hydrogen-bond donors (Lipinski definition) is 0. The second kappa shape index (κ2) is 6.20. The van der Waals surface area contributed by atoms with Gasteiger partial charge in [0, 0.05) is 36.7 Å². The lowest BCUT2D eigenvalue weighted by Crippen LogP contribution is -2.30. The molecular formula is C17H22N4. The Kier molecular flexibility index (Phi) is 4.13. The lowest BCUT2D eigenvalue weighted by molar-refractivity contribution is 0.568. The van der Waals surface area contributed by atoms with E-state index in [4.69, 9.17) is 4.98 Å². The Labute approximate surface area is 126 Å². The molecule has 110 valence electrons. The molecule has 21 heavy (non-hydrogen) atoms. The Morgan fingerprint density at radius 3 is 2.38 bits per heavy atom. The first-order valence-corrected chi connectivity index (χ1v) is 7.78. The molecule has 1 saturated heterocycles. The molecule has 0 unspecified atom stereocenters. The number of rotatable bonds is 3. The van der Waals surface area contributed by atoms with Gasteiger partial charge in [0.25, 0.3) is 0 Å². The van der Waals surface area contributed by atoms with Gasteiger partial charge in [0.1, 0.15) is 0 Å². The highest BCUT2D eigenvalue weighted by atomic mass is 15.2. The molecule has 0 aromatic carbocycles. The van der Waals surface area contributed by atoms with E-state index in [0.717, 1.165) is 36.0 Å². The molecule has 1 fully saturated rings. The van der Waals surface area contributed by atoms with Crippen molar-refractivity contribution in [1.29, 1.82) is 0 Å². The third-order valence-electron chi connectivity index (χ3n) is 3.94. The molecular weight excluding hydrogens is 260 g/mol. The molecule has 0 radical (unpaired) electrons. The van der Waals surface area contributed by atoms with Crippen molar-refractivity contribution in [1.82, 2.24) is 15.0 Å². The zero-order chi connectivity index (χ0) is 14.7. The minimum absolute atomic E-state index is 0.429. The minimum atomic E-state index is 0.429. The van der Waals surface area contributed by atoms with E-state index in [-0.39, 0.29) is 0 Å². The van der Waals surface area contributed by atoms with Gasteiger partial charge in [-0.3, -0.25) is 4.98 Å².